The Kier molecular flexibility index (Phi) is 4.63. The minimum atomic E-state index is 0.402. The van der Waals surface area contributed by atoms with E-state index in [2.05, 4.69) is 85.8 Å². The minimum Gasteiger partial charge on any atom is -0.245 e. The zero-order valence-electron chi connectivity index (χ0n) is 17.7. The van der Waals surface area contributed by atoms with Gasteiger partial charge in [-0.25, -0.2) is 4.98 Å². The summed E-state index contributed by atoms with van der Waals surface area (Å²) in [6.07, 6.45) is 2.02. The molecule has 30 heavy (non-hydrogen) atoms. The fourth-order valence-electron chi connectivity index (χ4n) is 4.12. The van der Waals surface area contributed by atoms with E-state index in [9.17, 15) is 0 Å². The summed E-state index contributed by atoms with van der Waals surface area (Å²) < 4.78 is 5.50. The molecule has 0 amide bonds. The Balaban J connectivity index is 1.89. The number of para-hydroxylation sites is 1. The quantitative estimate of drug-likeness (QED) is 0.332. The van der Waals surface area contributed by atoms with Crippen LogP contribution in [0.5, 0.6) is 0 Å². The first-order valence-electron chi connectivity index (χ1n) is 10.4. The van der Waals surface area contributed by atoms with E-state index in [4.69, 9.17) is 5.10 Å². The molecule has 0 fully saturated rings. The number of hydrogen-bond donors (Lipinski definition) is 0. The van der Waals surface area contributed by atoms with Gasteiger partial charge in [-0.05, 0) is 47.2 Å². The number of thiazole rings is 1. The van der Waals surface area contributed by atoms with Crippen LogP contribution >= 0.6 is 11.3 Å². The van der Waals surface area contributed by atoms with Gasteiger partial charge in [-0.15, -0.1) is 11.3 Å². The molecule has 0 N–H and O–H groups in total. The van der Waals surface area contributed by atoms with Gasteiger partial charge in [-0.1, -0.05) is 56.5 Å². The van der Waals surface area contributed by atoms with Crippen LogP contribution in [-0.4, -0.2) is 14.6 Å². The van der Waals surface area contributed by atoms with Crippen LogP contribution in [-0.2, 0) is 0 Å². The molecule has 0 saturated heterocycles. The van der Waals surface area contributed by atoms with Gasteiger partial charge in [0.1, 0.15) is 11.9 Å². The van der Waals surface area contributed by atoms with Crippen molar-refractivity contribution in [3.8, 4) is 17.1 Å². The molecule has 0 spiro atoms. The van der Waals surface area contributed by atoms with Crippen molar-refractivity contribution in [2.45, 2.75) is 39.5 Å². The largest absolute Gasteiger partial charge is 0.314 e. The molecule has 0 unspecified atom stereocenters. The van der Waals surface area contributed by atoms with Gasteiger partial charge in [0.05, 0.1) is 26.4 Å². The van der Waals surface area contributed by atoms with E-state index < -0.39 is 0 Å². The Bertz CT molecular complexity index is 1330. The van der Waals surface area contributed by atoms with Crippen molar-refractivity contribution in [2.24, 2.45) is 0 Å². The molecular weight excluding hydrogens is 388 g/mol. The zero-order valence-corrected chi connectivity index (χ0v) is 18.5. The average Bonchev–Trinajstić information content (AvgIpc) is 3.36. The maximum Gasteiger partial charge on any atom is 0.314 e. The van der Waals surface area contributed by atoms with Crippen LogP contribution in [0.3, 0.4) is 0 Å². The van der Waals surface area contributed by atoms with Gasteiger partial charge in [-0.3, -0.25) is 0 Å². The van der Waals surface area contributed by atoms with Crippen LogP contribution in [0.4, 0.5) is 0 Å². The van der Waals surface area contributed by atoms with Crippen LogP contribution in [0.15, 0.2) is 66.3 Å². The van der Waals surface area contributed by atoms with Crippen LogP contribution in [0.1, 0.15) is 50.7 Å². The van der Waals surface area contributed by atoms with E-state index >= 15 is 0 Å². The molecule has 0 radical (unpaired) electrons. The standard InChI is InChI=1S/C25H25N4S/c1-16(2)19-8-7-9-20(17(3)4)24(19)29-23-10-5-6-13-28(23)27-25(29)18-11-12-22-21(14-18)26-15-30-22/h5-17H,1-4H3/q+1. The normalized spacial score (nSPS) is 11.9. The number of aromatic nitrogens is 4. The van der Waals surface area contributed by atoms with E-state index in [0.717, 1.165) is 22.6 Å². The molecule has 0 atom stereocenters. The lowest BCUT2D eigenvalue weighted by atomic mass is 9.92. The van der Waals surface area contributed by atoms with E-state index in [1.54, 1.807) is 11.3 Å². The van der Waals surface area contributed by atoms with Gasteiger partial charge in [-0.2, -0.15) is 4.57 Å². The van der Waals surface area contributed by atoms with Crippen LogP contribution in [0, 0.1) is 0 Å². The third kappa shape index (κ3) is 3.01. The molecule has 0 bridgehead atoms. The molecular formula is C25H25N4S+. The van der Waals surface area contributed by atoms with Crippen LogP contribution in [0.2, 0.25) is 0 Å². The van der Waals surface area contributed by atoms with Gasteiger partial charge < -0.3 is 0 Å². The molecule has 2 aromatic carbocycles. The molecule has 4 nitrogen and oxygen atoms in total. The molecule has 0 aliphatic carbocycles. The zero-order chi connectivity index (χ0) is 20.8. The summed E-state index contributed by atoms with van der Waals surface area (Å²) in [6, 6.07) is 19.4. The molecule has 5 heteroatoms. The van der Waals surface area contributed by atoms with Crippen molar-refractivity contribution >= 4 is 27.2 Å². The number of hydrogen-bond acceptors (Lipinski definition) is 3. The second-order valence-corrected chi connectivity index (χ2v) is 9.18. The summed E-state index contributed by atoms with van der Waals surface area (Å²) in [7, 11) is 0. The van der Waals surface area contributed by atoms with Crippen LogP contribution in [0.25, 0.3) is 32.9 Å². The molecule has 5 aromatic rings. The predicted molar refractivity (Wildman–Crippen MR) is 124 cm³/mol. The van der Waals surface area contributed by atoms with Gasteiger partial charge in [0.2, 0.25) is 0 Å². The van der Waals surface area contributed by atoms with Crippen molar-refractivity contribution in [3.05, 3.63) is 77.4 Å². The Morgan fingerprint density at radius 3 is 2.40 bits per heavy atom. The Morgan fingerprint density at radius 1 is 0.900 bits per heavy atom. The Hall–Kier alpha value is -3.05. The fourth-order valence-corrected chi connectivity index (χ4v) is 4.78. The summed E-state index contributed by atoms with van der Waals surface area (Å²) in [4.78, 5) is 4.53. The molecule has 3 heterocycles. The van der Waals surface area contributed by atoms with Gasteiger partial charge in [0.15, 0.2) is 0 Å². The fraction of sp³-hybridized carbons (Fsp3) is 0.240. The SMILES string of the molecule is CC(C)c1cccc(C(C)C)c1-[n+]1c(-c2ccc3scnc3c2)nn2ccccc21. The summed E-state index contributed by atoms with van der Waals surface area (Å²) in [5, 5.41) is 5.01. The smallest absolute Gasteiger partial charge is 0.245 e. The third-order valence-electron chi connectivity index (χ3n) is 5.62. The monoisotopic (exact) mass is 413 g/mol. The first-order valence-corrected chi connectivity index (χ1v) is 11.3. The van der Waals surface area contributed by atoms with Gasteiger partial charge in [0, 0.05) is 6.07 Å². The van der Waals surface area contributed by atoms with Crippen molar-refractivity contribution in [2.75, 3.05) is 0 Å². The van der Waals surface area contributed by atoms with Crippen LogP contribution < -0.4 is 4.57 Å². The first kappa shape index (κ1) is 18.9. The highest BCUT2D eigenvalue weighted by atomic mass is 32.1. The van der Waals surface area contributed by atoms with Crippen molar-refractivity contribution in [3.63, 3.8) is 0 Å². The first-order chi connectivity index (χ1) is 14.5. The summed E-state index contributed by atoms with van der Waals surface area (Å²) in [5.41, 5.74) is 8.96. The number of fused-ring (bicyclic) bond motifs is 2. The summed E-state index contributed by atoms with van der Waals surface area (Å²) in [6.45, 7) is 9.04. The predicted octanol–water partition coefficient (Wildman–Crippen LogP) is 6.13. The highest BCUT2D eigenvalue weighted by Gasteiger charge is 2.28. The second-order valence-electron chi connectivity index (χ2n) is 8.29. The molecule has 3 aromatic heterocycles. The van der Waals surface area contributed by atoms with Crippen molar-refractivity contribution < 1.29 is 4.57 Å². The number of benzene rings is 2. The number of nitrogens with zero attached hydrogens (tertiary/aromatic N) is 4. The molecule has 0 aliphatic heterocycles. The molecule has 0 saturated carbocycles. The summed E-state index contributed by atoms with van der Waals surface area (Å²) in [5.74, 6) is 1.74. The highest BCUT2D eigenvalue weighted by molar-refractivity contribution is 7.16. The maximum absolute atomic E-state index is 5.01. The van der Waals surface area contributed by atoms with E-state index in [-0.39, 0.29) is 0 Å². The highest BCUT2D eigenvalue weighted by Crippen LogP contribution is 2.31. The topological polar surface area (TPSA) is 34.1 Å². The van der Waals surface area contributed by atoms with Crippen molar-refractivity contribution in [1.82, 2.24) is 14.6 Å². The van der Waals surface area contributed by atoms with Gasteiger partial charge in [0.25, 0.3) is 5.65 Å². The van der Waals surface area contributed by atoms with E-state index in [1.165, 1.54) is 21.5 Å². The lowest BCUT2D eigenvalue weighted by Crippen LogP contribution is -2.35. The van der Waals surface area contributed by atoms with E-state index in [0.29, 0.717) is 11.8 Å². The number of rotatable bonds is 4. The molecule has 0 aliphatic rings. The number of pyridine rings is 1. The minimum absolute atomic E-state index is 0.402. The molecule has 5 rings (SSSR count). The average molecular weight is 414 g/mol. The third-order valence-corrected chi connectivity index (χ3v) is 6.43. The maximum atomic E-state index is 5.01. The lowest BCUT2D eigenvalue weighted by Gasteiger charge is -2.18. The molecule has 150 valence electrons. The lowest BCUT2D eigenvalue weighted by molar-refractivity contribution is -0.557. The summed E-state index contributed by atoms with van der Waals surface area (Å²) >= 11 is 1.67. The Morgan fingerprint density at radius 2 is 1.67 bits per heavy atom. The van der Waals surface area contributed by atoms with Gasteiger partial charge >= 0.3 is 5.82 Å². The second kappa shape index (κ2) is 7.33. The van der Waals surface area contributed by atoms with E-state index in [1.807, 2.05) is 22.3 Å². The van der Waals surface area contributed by atoms with Crippen molar-refractivity contribution in [1.29, 1.82) is 0 Å². The Labute approximate surface area is 180 Å².